The Morgan fingerprint density at radius 1 is 1.06 bits per heavy atom. The van der Waals surface area contributed by atoms with Gasteiger partial charge in [-0.05, 0) is 68.7 Å². The molecule has 0 heterocycles. The van der Waals surface area contributed by atoms with Crippen molar-refractivity contribution in [1.29, 1.82) is 0 Å². The highest BCUT2D eigenvalue weighted by molar-refractivity contribution is 7.89. The number of unbranched alkanes of at least 4 members (excludes halogenated alkanes) is 1. The molecule has 2 rings (SSSR count). The fraction of sp³-hybridized carbons (Fsp3) is 0.480. The molecule has 0 saturated carbocycles. The van der Waals surface area contributed by atoms with E-state index >= 15 is 0 Å². The van der Waals surface area contributed by atoms with Crippen molar-refractivity contribution >= 4 is 15.9 Å². The highest BCUT2D eigenvalue weighted by Gasteiger charge is 2.36. The van der Waals surface area contributed by atoms with Gasteiger partial charge in [-0.3, -0.25) is 9.18 Å². The second kappa shape index (κ2) is 14.1. The van der Waals surface area contributed by atoms with Crippen molar-refractivity contribution in [2.45, 2.75) is 50.8 Å². The van der Waals surface area contributed by atoms with Gasteiger partial charge in [0, 0.05) is 20.1 Å². The van der Waals surface area contributed by atoms with E-state index in [0.717, 1.165) is 0 Å². The summed E-state index contributed by atoms with van der Waals surface area (Å²) in [5.41, 5.74) is 2.95. The number of rotatable bonds is 16. The van der Waals surface area contributed by atoms with Crippen molar-refractivity contribution in [2.75, 3.05) is 33.5 Å². The summed E-state index contributed by atoms with van der Waals surface area (Å²) in [4.78, 5) is 16.9. The van der Waals surface area contributed by atoms with E-state index in [2.05, 4.69) is 5.48 Å². The third kappa shape index (κ3) is 9.05. The lowest BCUT2D eigenvalue weighted by molar-refractivity contribution is -0.255. The van der Waals surface area contributed by atoms with Crippen LogP contribution in [-0.2, 0) is 30.9 Å². The zero-order chi connectivity index (χ0) is 26.6. The summed E-state index contributed by atoms with van der Waals surface area (Å²) in [7, 11) is -2.48. The molecule has 2 aromatic rings. The second-order valence-corrected chi connectivity index (χ2v) is 10.1. The molecule has 0 aliphatic carbocycles. The van der Waals surface area contributed by atoms with Crippen molar-refractivity contribution in [3.8, 4) is 11.5 Å². The number of halogens is 1. The number of amides is 1. The monoisotopic (exact) mass is 526 g/mol. The minimum absolute atomic E-state index is 0.0138. The first-order valence-corrected chi connectivity index (χ1v) is 13.1. The lowest BCUT2D eigenvalue weighted by Crippen LogP contribution is -2.50. The highest BCUT2D eigenvalue weighted by Crippen LogP contribution is 2.26. The van der Waals surface area contributed by atoms with Crippen molar-refractivity contribution in [2.24, 2.45) is 0 Å². The molecule has 1 atom stereocenters. The fourth-order valence-corrected chi connectivity index (χ4v) is 4.82. The number of ether oxygens (including phenoxy) is 3. The number of nitrogens with zero attached hydrogens (tertiary/aromatic N) is 1. The zero-order valence-corrected chi connectivity index (χ0v) is 22.0. The summed E-state index contributed by atoms with van der Waals surface area (Å²) in [6, 6.07) is 13.0. The Kier molecular flexibility index (Phi) is 11.6. The molecule has 9 nitrogen and oxygen atoms in total. The Balaban J connectivity index is 2.33. The predicted octanol–water partition coefficient (Wildman–Crippen LogP) is 3.84. The van der Waals surface area contributed by atoms with Crippen LogP contribution in [0.15, 0.2) is 53.4 Å². The van der Waals surface area contributed by atoms with Crippen LogP contribution in [0.25, 0.3) is 0 Å². The van der Waals surface area contributed by atoms with Crippen molar-refractivity contribution in [3.63, 3.8) is 0 Å². The molecule has 0 radical (unpaired) electrons. The van der Waals surface area contributed by atoms with Crippen molar-refractivity contribution in [1.82, 2.24) is 9.79 Å². The predicted molar refractivity (Wildman–Crippen MR) is 133 cm³/mol. The second-order valence-electron chi connectivity index (χ2n) is 8.16. The topological polar surface area (TPSA) is 103 Å². The number of alkyl halides is 1. The first-order valence-electron chi connectivity index (χ1n) is 11.6. The van der Waals surface area contributed by atoms with E-state index in [0.29, 0.717) is 36.5 Å². The lowest BCUT2D eigenvalue weighted by Gasteiger charge is -2.34. The Morgan fingerprint density at radius 3 is 2.25 bits per heavy atom. The van der Waals surface area contributed by atoms with E-state index in [1.165, 1.54) is 23.4 Å². The van der Waals surface area contributed by atoms with E-state index in [1.54, 1.807) is 57.4 Å². The number of carbonyl (C=O) groups excluding carboxylic acids is 1. The summed E-state index contributed by atoms with van der Waals surface area (Å²) >= 11 is 0. The molecule has 0 saturated heterocycles. The van der Waals surface area contributed by atoms with Gasteiger partial charge in [-0.15, -0.1) is 0 Å². The van der Waals surface area contributed by atoms with E-state index in [4.69, 9.17) is 19.0 Å². The molecule has 0 aliphatic heterocycles. The van der Waals surface area contributed by atoms with Gasteiger partial charge in [-0.1, -0.05) is 12.1 Å². The average Bonchev–Trinajstić information content (AvgIpc) is 2.86. The van der Waals surface area contributed by atoms with Crippen LogP contribution in [-0.4, -0.2) is 58.0 Å². The molecular formula is C25H35FN2O7S. The SMILES string of the molecule is CCOC(C)(CN(Cc1ccc(OC)cc1)S(=O)(=O)c1ccc(OCCCCF)cc1)ONC(C)=O. The molecule has 36 heavy (non-hydrogen) atoms. The molecule has 11 heteroatoms. The molecule has 1 unspecified atom stereocenters. The molecule has 0 spiro atoms. The molecule has 2 aromatic carbocycles. The van der Waals surface area contributed by atoms with Crippen LogP contribution in [0.4, 0.5) is 4.39 Å². The molecule has 1 N–H and O–H groups in total. The lowest BCUT2D eigenvalue weighted by atomic mass is 10.2. The zero-order valence-electron chi connectivity index (χ0n) is 21.2. The summed E-state index contributed by atoms with van der Waals surface area (Å²) < 4.78 is 57.3. The van der Waals surface area contributed by atoms with Gasteiger partial charge in [-0.25, -0.2) is 18.7 Å². The van der Waals surface area contributed by atoms with Crippen LogP contribution < -0.4 is 15.0 Å². The molecule has 0 aliphatic rings. The third-order valence-electron chi connectivity index (χ3n) is 5.10. The summed E-state index contributed by atoms with van der Waals surface area (Å²) in [6.45, 7) is 4.53. The maximum Gasteiger partial charge on any atom is 0.243 e. The van der Waals surface area contributed by atoms with Crippen LogP contribution in [0.5, 0.6) is 11.5 Å². The van der Waals surface area contributed by atoms with Gasteiger partial charge in [-0.2, -0.15) is 4.31 Å². The van der Waals surface area contributed by atoms with E-state index in [-0.39, 0.29) is 24.6 Å². The number of nitrogens with one attached hydrogen (secondary N) is 1. The molecule has 200 valence electrons. The van der Waals surface area contributed by atoms with Crippen molar-refractivity contribution < 1.29 is 36.7 Å². The molecular weight excluding hydrogens is 491 g/mol. The van der Waals surface area contributed by atoms with E-state index in [9.17, 15) is 17.6 Å². The highest BCUT2D eigenvalue weighted by atomic mass is 32.2. The summed E-state index contributed by atoms with van der Waals surface area (Å²) in [6.07, 6.45) is 0.975. The van der Waals surface area contributed by atoms with Gasteiger partial charge in [0.25, 0.3) is 0 Å². The number of carbonyl (C=O) groups is 1. The number of hydrogen-bond donors (Lipinski definition) is 1. The molecule has 0 aromatic heterocycles. The minimum Gasteiger partial charge on any atom is -0.497 e. The Hall–Kier alpha value is -2.73. The van der Waals surface area contributed by atoms with Crippen LogP contribution in [0.3, 0.4) is 0 Å². The Labute approximate surface area is 212 Å². The van der Waals surface area contributed by atoms with Crippen molar-refractivity contribution in [3.05, 3.63) is 54.1 Å². The van der Waals surface area contributed by atoms with Gasteiger partial charge in [0.15, 0.2) is 0 Å². The first kappa shape index (κ1) is 29.5. The minimum atomic E-state index is -4.03. The molecule has 0 fully saturated rings. The third-order valence-corrected chi connectivity index (χ3v) is 6.91. The number of hydrogen-bond acceptors (Lipinski definition) is 7. The maximum absolute atomic E-state index is 13.7. The average molecular weight is 527 g/mol. The van der Waals surface area contributed by atoms with Crippen LogP contribution in [0.1, 0.15) is 39.2 Å². The standard InChI is InChI=1S/C25H35FN2O7S/c1-5-34-25(3,35-27-20(2)29)19-28(18-21-8-10-22(32-4)11-9-21)36(30,31)24-14-12-23(13-15-24)33-17-7-6-16-26/h8-15H,5-7,16-19H2,1-4H3,(H,27,29). The Morgan fingerprint density at radius 2 is 1.69 bits per heavy atom. The maximum atomic E-state index is 13.7. The Bertz CT molecular complexity index is 1050. The van der Waals surface area contributed by atoms with Gasteiger partial charge in [0.05, 0.1) is 31.8 Å². The van der Waals surface area contributed by atoms with Gasteiger partial charge in [0.2, 0.25) is 21.7 Å². The normalized spacial score (nSPS) is 13.3. The summed E-state index contributed by atoms with van der Waals surface area (Å²) in [5.74, 6) is -0.780. The van der Waals surface area contributed by atoms with Crippen LogP contribution in [0.2, 0.25) is 0 Å². The largest absolute Gasteiger partial charge is 0.497 e. The van der Waals surface area contributed by atoms with Gasteiger partial charge >= 0.3 is 0 Å². The van der Waals surface area contributed by atoms with Crippen LogP contribution in [0, 0.1) is 0 Å². The van der Waals surface area contributed by atoms with Crippen LogP contribution >= 0.6 is 0 Å². The van der Waals surface area contributed by atoms with Gasteiger partial charge in [0.1, 0.15) is 11.5 Å². The van der Waals surface area contributed by atoms with Gasteiger partial charge < -0.3 is 14.2 Å². The number of benzene rings is 2. The van der Waals surface area contributed by atoms with E-state index in [1.807, 2.05) is 0 Å². The number of methoxy groups -OCH3 is 1. The molecule has 1 amide bonds. The van der Waals surface area contributed by atoms with E-state index < -0.39 is 28.4 Å². The summed E-state index contributed by atoms with van der Waals surface area (Å²) in [5, 5.41) is 0. The quantitative estimate of drug-likeness (QED) is 0.201. The first-order chi connectivity index (χ1) is 17.1. The number of hydroxylamine groups is 1. The number of sulfonamides is 1. The fourth-order valence-electron chi connectivity index (χ4n) is 3.32. The smallest absolute Gasteiger partial charge is 0.243 e. The molecule has 0 bridgehead atoms.